The van der Waals surface area contributed by atoms with Crippen molar-refractivity contribution in [3.8, 4) is 11.8 Å². The zero-order valence-electron chi connectivity index (χ0n) is 9.72. The fourth-order valence-electron chi connectivity index (χ4n) is 1.30. The SMILES string of the molecule is COC(=O)c1cc(OC(F)(F)F)c(C#N)c([N+](=O)[O-])c1. The fourth-order valence-corrected chi connectivity index (χ4v) is 1.30. The highest BCUT2D eigenvalue weighted by Crippen LogP contribution is 2.33. The number of ether oxygens (including phenoxy) is 2. The molecular weight excluding hydrogens is 285 g/mol. The second-order valence-electron chi connectivity index (χ2n) is 3.28. The third-order valence-electron chi connectivity index (χ3n) is 2.04. The highest BCUT2D eigenvalue weighted by atomic mass is 19.4. The zero-order valence-corrected chi connectivity index (χ0v) is 9.72. The lowest BCUT2D eigenvalue weighted by molar-refractivity contribution is -0.385. The molecule has 0 spiro atoms. The van der Waals surface area contributed by atoms with Crippen LogP contribution in [-0.2, 0) is 4.74 Å². The summed E-state index contributed by atoms with van der Waals surface area (Å²) in [6.07, 6.45) is -5.17. The van der Waals surface area contributed by atoms with E-state index in [9.17, 15) is 28.1 Å². The van der Waals surface area contributed by atoms with Gasteiger partial charge in [0, 0.05) is 6.07 Å². The molecule has 106 valence electrons. The monoisotopic (exact) mass is 290 g/mol. The van der Waals surface area contributed by atoms with Gasteiger partial charge in [-0.15, -0.1) is 13.2 Å². The van der Waals surface area contributed by atoms with E-state index in [4.69, 9.17) is 5.26 Å². The summed E-state index contributed by atoms with van der Waals surface area (Å²) in [6.45, 7) is 0. The first-order valence-electron chi connectivity index (χ1n) is 4.76. The Morgan fingerprint density at radius 1 is 1.45 bits per heavy atom. The summed E-state index contributed by atoms with van der Waals surface area (Å²) in [5, 5.41) is 19.4. The number of nitro groups is 1. The van der Waals surface area contributed by atoms with Crippen molar-refractivity contribution < 1.29 is 32.4 Å². The van der Waals surface area contributed by atoms with Gasteiger partial charge in [0.15, 0.2) is 11.3 Å². The summed E-state index contributed by atoms with van der Waals surface area (Å²) >= 11 is 0. The largest absolute Gasteiger partial charge is 0.573 e. The van der Waals surface area contributed by atoms with Crippen LogP contribution in [0, 0.1) is 21.4 Å². The lowest BCUT2D eigenvalue weighted by Gasteiger charge is -2.11. The molecule has 0 aliphatic heterocycles. The number of carbonyl (C=O) groups excluding carboxylic acids is 1. The number of halogens is 3. The summed E-state index contributed by atoms with van der Waals surface area (Å²) in [5.74, 6) is -2.25. The number of methoxy groups -OCH3 is 1. The van der Waals surface area contributed by atoms with Gasteiger partial charge in [-0.1, -0.05) is 0 Å². The van der Waals surface area contributed by atoms with E-state index in [0.717, 1.165) is 7.11 Å². The molecule has 1 aromatic carbocycles. The molecule has 0 heterocycles. The standard InChI is InChI=1S/C10H5F3N2O5/c1-19-9(16)5-2-7(15(17)18)6(4-14)8(3-5)20-10(11,12)13/h2-3H,1H3. The molecule has 20 heavy (non-hydrogen) atoms. The first-order valence-corrected chi connectivity index (χ1v) is 4.76. The topological polar surface area (TPSA) is 102 Å². The van der Waals surface area contributed by atoms with E-state index >= 15 is 0 Å². The highest BCUT2D eigenvalue weighted by Gasteiger charge is 2.35. The minimum atomic E-state index is -5.17. The minimum absolute atomic E-state index is 0.544. The van der Waals surface area contributed by atoms with Gasteiger partial charge >= 0.3 is 12.3 Å². The van der Waals surface area contributed by atoms with Gasteiger partial charge in [0.05, 0.1) is 17.6 Å². The van der Waals surface area contributed by atoms with E-state index in [0.29, 0.717) is 12.1 Å². The maximum atomic E-state index is 12.2. The lowest BCUT2D eigenvalue weighted by Crippen LogP contribution is -2.18. The van der Waals surface area contributed by atoms with Gasteiger partial charge in [-0.2, -0.15) is 5.26 Å². The fraction of sp³-hybridized carbons (Fsp3) is 0.200. The number of hydrogen-bond acceptors (Lipinski definition) is 6. The number of esters is 1. The van der Waals surface area contributed by atoms with E-state index in [-0.39, 0.29) is 0 Å². The molecule has 1 rings (SSSR count). The van der Waals surface area contributed by atoms with Crippen LogP contribution in [0.1, 0.15) is 15.9 Å². The van der Waals surface area contributed by atoms with Gasteiger partial charge in [-0.05, 0) is 6.07 Å². The molecule has 0 bridgehead atoms. The van der Waals surface area contributed by atoms with Gasteiger partial charge < -0.3 is 9.47 Å². The van der Waals surface area contributed by atoms with Crippen LogP contribution in [0.5, 0.6) is 5.75 Å². The summed E-state index contributed by atoms with van der Waals surface area (Å²) in [5.41, 5.74) is -2.48. The predicted octanol–water partition coefficient (Wildman–Crippen LogP) is 2.15. The van der Waals surface area contributed by atoms with Gasteiger partial charge in [0.2, 0.25) is 0 Å². The molecule has 0 radical (unpaired) electrons. The number of hydrogen-bond donors (Lipinski definition) is 0. The van der Waals surface area contributed by atoms with Gasteiger partial charge in [0.1, 0.15) is 6.07 Å². The smallest absolute Gasteiger partial charge is 0.465 e. The molecule has 0 fully saturated rings. The molecular formula is C10H5F3N2O5. The van der Waals surface area contributed by atoms with E-state index < -0.39 is 39.8 Å². The number of benzene rings is 1. The molecule has 7 nitrogen and oxygen atoms in total. The average molecular weight is 290 g/mol. The quantitative estimate of drug-likeness (QED) is 0.480. The third-order valence-corrected chi connectivity index (χ3v) is 2.04. The van der Waals surface area contributed by atoms with Gasteiger partial charge in [-0.25, -0.2) is 4.79 Å². The Balaban J connectivity index is 3.54. The Kier molecular flexibility index (Phi) is 4.14. The second-order valence-corrected chi connectivity index (χ2v) is 3.28. The van der Waals surface area contributed by atoms with E-state index in [1.54, 1.807) is 0 Å². The molecule has 0 atom stereocenters. The van der Waals surface area contributed by atoms with E-state index in [1.165, 1.54) is 6.07 Å². The van der Waals surface area contributed by atoms with Crippen molar-refractivity contribution in [2.75, 3.05) is 7.11 Å². The molecule has 0 N–H and O–H groups in total. The van der Waals surface area contributed by atoms with Crippen LogP contribution in [0.15, 0.2) is 12.1 Å². The predicted molar refractivity (Wildman–Crippen MR) is 55.8 cm³/mol. The summed E-state index contributed by atoms with van der Waals surface area (Å²) in [6, 6.07) is 2.41. The number of nitrogens with zero attached hydrogens (tertiary/aromatic N) is 2. The Morgan fingerprint density at radius 3 is 2.45 bits per heavy atom. The first-order chi connectivity index (χ1) is 9.19. The van der Waals surface area contributed by atoms with Crippen molar-refractivity contribution in [2.45, 2.75) is 6.36 Å². The Bertz CT molecular complexity index is 606. The molecule has 0 amide bonds. The third kappa shape index (κ3) is 3.35. The highest BCUT2D eigenvalue weighted by molar-refractivity contribution is 5.91. The summed E-state index contributed by atoms with van der Waals surface area (Å²) in [4.78, 5) is 20.9. The molecule has 0 unspecified atom stereocenters. The number of alkyl halides is 3. The molecule has 0 aromatic heterocycles. The van der Waals surface area contributed by atoms with Crippen LogP contribution < -0.4 is 4.74 Å². The molecule has 10 heteroatoms. The van der Waals surface area contributed by atoms with Crippen molar-refractivity contribution in [3.63, 3.8) is 0 Å². The average Bonchev–Trinajstić information content (AvgIpc) is 2.34. The number of carbonyl (C=O) groups is 1. The van der Waals surface area contributed by atoms with Crippen molar-refractivity contribution in [1.29, 1.82) is 5.26 Å². The van der Waals surface area contributed by atoms with Crippen molar-refractivity contribution in [3.05, 3.63) is 33.4 Å². The minimum Gasteiger partial charge on any atom is -0.465 e. The number of nitriles is 1. The lowest BCUT2D eigenvalue weighted by atomic mass is 10.1. The second kappa shape index (κ2) is 5.43. The zero-order chi connectivity index (χ0) is 15.5. The van der Waals surface area contributed by atoms with Crippen LogP contribution in [-0.4, -0.2) is 24.4 Å². The Hall–Kier alpha value is -2.83. The molecule has 0 aliphatic rings. The maximum Gasteiger partial charge on any atom is 0.573 e. The molecule has 0 aliphatic carbocycles. The van der Waals surface area contributed by atoms with Crippen molar-refractivity contribution in [2.24, 2.45) is 0 Å². The van der Waals surface area contributed by atoms with Crippen LogP contribution in [0.25, 0.3) is 0 Å². The summed E-state index contributed by atoms with van der Waals surface area (Å²) in [7, 11) is 0.941. The number of rotatable bonds is 3. The molecule has 1 aromatic rings. The van der Waals surface area contributed by atoms with E-state index in [1.807, 2.05) is 0 Å². The van der Waals surface area contributed by atoms with E-state index in [2.05, 4.69) is 9.47 Å². The maximum absolute atomic E-state index is 12.2. The Morgan fingerprint density at radius 2 is 2.05 bits per heavy atom. The molecule has 0 saturated carbocycles. The van der Waals surface area contributed by atoms with Crippen LogP contribution in [0.2, 0.25) is 0 Å². The normalized spacial score (nSPS) is 10.6. The van der Waals surface area contributed by atoms with Crippen LogP contribution in [0.3, 0.4) is 0 Å². The van der Waals surface area contributed by atoms with Crippen molar-refractivity contribution in [1.82, 2.24) is 0 Å². The number of nitro benzene ring substituents is 1. The van der Waals surface area contributed by atoms with Gasteiger partial charge in [-0.3, -0.25) is 10.1 Å². The molecule has 0 saturated heterocycles. The van der Waals surface area contributed by atoms with Crippen LogP contribution >= 0.6 is 0 Å². The van der Waals surface area contributed by atoms with Crippen LogP contribution in [0.4, 0.5) is 18.9 Å². The summed E-state index contributed by atoms with van der Waals surface area (Å²) < 4.78 is 44.3. The van der Waals surface area contributed by atoms with Crippen molar-refractivity contribution >= 4 is 11.7 Å². The van der Waals surface area contributed by atoms with Gasteiger partial charge in [0.25, 0.3) is 5.69 Å². The Labute approximate surface area is 109 Å². The first kappa shape index (κ1) is 15.2.